The Balaban J connectivity index is 1.92. The van der Waals surface area contributed by atoms with Gasteiger partial charge in [0.15, 0.2) is 0 Å². The average molecular weight is 231 g/mol. The minimum absolute atomic E-state index is 0.679. The molecule has 0 spiro atoms. The molecule has 0 radical (unpaired) electrons. The summed E-state index contributed by atoms with van der Waals surface area (Å²) in [4.78, 5) is 0. The van der Waals surface area contributed by atoms with E-state index in [2.05, 4.69) is 50.4 Å². The number of benzene rings is 1. The summed E-state index contributed by atoms with van der Waals surface area (Å²) in [5, 5.41) is 3.69. The van der Waals surface area contributed by atoms with Crippen LogP contribution in [0.3, 0.4) is 0 Å². The van der Waals surface area contributed by atoms with Crippen LogP contribution in [0.1, 0.15) is 45.1 Å². The van der Waals surface area contributed by atoms with E-state index in [0.29, 0.717) is 6.04 Å². The molecule has 2 rings (SSSR count). The molecule has 94 valence electrons. The van der Waals surface area contributed by atoms with Crippen LogP contribution in [0.2, 0.25) is 0 Å². The van der Waals surface area contributed by atoms with E-state index in [0.717, 1.165) is 11.8 Å². The SMILES string of the molecule is Cc1ccc(NC2CCCC(C(C)C)C2)cc1. The van der Waals surface area contributed by atoms with E-state index in [4.69, 9.17) is 0 Å². The molecule has 1 heteroatoms. The molecule has 1 saturated carbocycles. The monoisotopic (exact) mass is 231 g/mol. The first kappa shape index (κ1) is 12.5. The van der Waals surface area contributed by atoms with Gasteiger partial charge in [0.2, 0.25) is 0 Å². The quantitative estimate of drug-likeness (QED) is 0.800. The smallest absolute Gasteiger partial charge is 0.0342 e. The average Bonchev–Trinajstić information content (AvgIpc) is 2.32. The van der Waals surface area contributed by atoms with E-state index in [-0.39, 0.29) is 0 Å². The zero-order chi connectivity index (χ0) is 12.3. The van der Waals surface area contributed by atoms with Gasteiger partial charge >= 0.3 is 0 Å². The molecule has 2 atom stereocenters. The lowest BCUT2D eigenvalue weighted by Crippen LogP contribution is -2.29. The normalized spacial score (nSPS) is 24.9. The second-order valence-corrected chi connectivity index (χ2v) is 5.88. The van der Waals surface area contributed by atoms with E-state index in [9.17, 15) is 0 Å². The Bertz CT molecular complexity index is 339. The van der Waals surface area contributed by atoms with Gasteiger partial charge in [-0.3, -0.25) is 0 Å². The van der Waals surface area contributed by atoms with Crippen LogP contribution in [-0.4, -0.2) is 6.04 Å². The Morgan fingerprint density at radius 2 is 1.82 bits per heavy atom. The number of nitrogens with one attached hydrogen (secondary N) is 1. The van der Waals surface area contributed by atoms with Gasteiger partial charge in [0.1, 0.15) is 0 Å². The summed E-state index contributed by atoms with van der Waals surface area (Å²) in [5.74, 6) is 1.74. The highest BCUT2D eigenvalue weighted by atomic mass is 14.9. The largest absolute Gasteiger partial charge is 0.382 e. The summed E-state index contributed by atoms with van der Waals surface area (Å²) in [6, 6.07) is 9.46. The fourth-order valence-corrected chi connectivity index (χ4v) is 2.85. The molecule has 2 unspecified atom stereocenters. The van der Waals surface area contributed by atoms with Crippen molar-refractivity contribution in [1.29, 1.82) is 0 Å². The number of rotatable bonds is 3. The first-order valence-electron chi connectivity index (χ1n) is 6.98. The fraction of sp³-hybridized carbons (Fsp3) is 0.625. The lowest BCUT2D eigenvalue weighted by atomic mass is 9.79. The van der Waals surface area contributed by atoms with Gasteiger partial charge in [-0.2, -0.15) is 0 Å². The van der Waals surface area contributed by atoms with Gasteiger partial charge in [-0.15, -0.1) is 0 Å². The molecule has 1 aromatic carbocycles. The van der Waals surface area contributed by atoms with Crippen LogP contribution in [-0.2, 0) is 0 Å². The van der Waals surface area contributed by atoms with Gasteiger partial charge in [-0.25, -0.2) is 0 Å². The predicted molar refractivity (Wildman–Crippen MR) is 75.4 cm³/mol. The summed E-state index contributed by atoms with van der Waals surface area (Å²) in [6.07, 6.45) is 5.47. The topological polar surface area (TPSA) is 12.0 Å². The molecule has 0 amide bonds. The molecule has 1 N–H and O–H groups in total. The van der Waals surface area contributed by atoms with E-state index < -0.39 is 0 Å². The number of anilines is 1. The van der Waals surface area contributed by atoms with Crippen LogP contribution in [0, 0.1) is 18.8 Å². The van der Waals surface area contributed by atoms with Crippen molar-refractivity contribution in [2.24, 2.45) is 11.8 Å². The molecule has 1 nitrogen and oxygen atoms in total. The van der Waals surface area contributed by atoms with Crippen molar-refractivity contribution in [2.75, 3.05) is 5.32 Å². The predicted octanol–water partition coefficient (Wildman–Crippen LogP) is 4.62. The minimum Gasteiger partial charge on any atom is -0.382 e. The van der Waals surface area contributed by atoms with Crippen LogP contribution in [0.15, 0.2) is 24.3 Å². The Labute approximate surface area is 106 Å². The van der Waals surface area contributed by atoms with Crippen molar-refractivity contribution in [3.63, 3.8) is 0 Å². The van der Waals surface area contributed by atoms with Gasteiger partial charge in [-0.05, 0) is 43.7 Å². The molecule has 1 aliphatic rings. The van der Waals surface area contributed by atoms with Crippen molar-refractivity contribution in [2.45, 2.75) is 52.5 Å². The van der Waals surface area contributed by atoms with Crippen molar-refractivity contribution >= 4 is 5.69 Å². The zero-order valence-corrected chi connectivity index (χ0v) is 11.4. The molecule has 1 aliphatic carbocycles. The molecular formula is C16H25N. The van der Waals surface area contributed by atoms with Gasteiger partial charge in [-0.1, -0.05) is 44.4 Å². The van der Waals surface area contributed by atoms with Gasteiger partial charge in [0.05, 0.1) is 0 Å². The second kappa shape index (κ2) is 5.57. The maximum atomic E-state index is 3.69. The van der Waals surface area contributed by atoms with E-state index in [1.165, 1.54) is 36.9 Å². The van der Waals surface area contributed by atoms with E-state index >= 15 is 0 Å². The Kier molecular flexibility index (Phi) is 4.09. The maximum absolute atomic E-state index is 3.69. The third-order valence-electron chi connectivity index (χ3n) is 4.08. The standard InChI is InChI=1S/C16H25N/c1-12(2)14-5-4-6-16(11-14)17-15-9-7-13(3)8-10-15/h7-10,12,14,16-17H,4-6,11H2,1-3H3. The fourth-order valence-electron chi connectivity index (χ4n) is 2.85. The zero-order valence-electron chi connectivity index (χ0n) is 11.4. The molecule has 0 saturated heterocycles. The lowest BCUT2D eigenvalue weighted by molar-refractivity contribution is 0.264. The Morgan fingerprint density at radius 1 is 1.12 bits per heavy atom. The van der Waals surface area contributed by atoms with Crippen molar-refractivity contribution in [3.05, 3.63) is 29.8 Å². The highest BCUT2D eigenvalue weighted by molar-refractivity contribution is 5.45. The molecule has 1 fully saturated rings. The lowest BCUT2D eigenvalue weighted by Gasteiger charge is -2.32. The number of aryl methyl sites for hydroxylation is 1. The highest BCUT2D eigenvalue weighted by Gasteiger charge is 2.23. The van der Waals surface area contributed by atoms with Gasteiger partial charge in [0, 0.05) is 11.7 Å². The Morgan fingerprint density at radius 3 is 2.47 bits per heavy atom. The third kappa shape index (κ3) is 3.49. The van der Waals surface area contributed by atoms with E-state index in [1.54, 1.807) is 0 Å². The molecular weight excluding hydrogens is 206 g/mol. The molecule has 17 heavy (non-hydrogen) atoms. The van der Waals surface area contributed by atoms with Crippen LogP contribution < -0.4 is 5.32 Å². The Hall–Kier alpha value is -0.980. The van der Waals surface area contributed by atoms with Crippen LogP contribution in [0.5, 0.6) is 0 Å². The van der Waals surface area contributed by atoms with Crippen molar-refractivity contribution in [1.82, 2.24) is 0 Å². The number of hydrogen-bond acceptors (Lipinski definition) is 1. The van der Waals surface area contributed by atoms with Crippen LogP contribution in [0.25, 0.3) is 0 Å². The summed E-state index contributed by atoms with van der Waals surface area (Å²) in [5.41, 5.74) is 2.62. The van der Waals surface area contributed by atoms with Crippen molar-refractivity contribution < 1.29 is 0 Å². The summed E-state index contributed by atoms with van der Waals surface area (Å²) in [7, 11) is 0. The van der Waals surface area contributed by atoms with Gasteiger partial charge in [0.25, 0.3) is 0 Å². The van der Waals surface area contributed by atoms with Crippen LogP contribution in [0.4, 0.5) is 5.69 Å². The van der Waals surface area contributed by atoms with Crippen LogP contribution >= 0.6 is 0 Å². The summed E-state index contributed by atoms with van der Waals surface area (Å²) in [6.45, 7) is 6.86. The summed E-state index contributed by atoms with van der Waals surface area (Å²) < 4.78 is 0. The molecule has 0 aromatic heterocycles. The van der Waals surface area contributed by atoms with E-state index in [1.807, 2.05) is 0 Å². The first-order valence-corrected chi connectivity index (χ1v) is 6.98. The molecule has 0 bridgehead atoms. The first-order chi connectivity index (χ1) is 8.15. The molecule has 1 aromatic rings. The summed E-state index contributed by atoms with van der Waals surface area (Å²) >= 11 is 0. The second-order valence-electron chi connectivity index (χ2n) is 5.88. The van der Waals surface area contributed by atoms with Gasteiger partial charge < -0.3 is 5.32 Å². The molecule has 0 heterocycles. The molecule has 0 aliphatic heterocycles. The van der Waals surface area contributed by atoms with Crippen molar-refractivity contribution in [3.8, 4) is 0 Å². The minimum atomic E-state index is 0.679. The highest BCUT2D eigenvalue weighted by Crippen LogP contribution is 2.31. The third-order valence-corrected chi connectivity index (χ3v) is 4.08. The number of hydrogen-bond donors (Lipinski definition) is 1. The maximum Gasteiger partial charge on any atom is 0.0342 e.